The molecule has 45 heavy (non-hydrogen) atoms. The number of carbonyl (C=O) groups is 2. The summed E-state index contributed by atoms with van der Waals surface area (Å²) in [5.41, 5.74) is 0.685. The van der Waals surface area contributed by atoms with E-state index in [1.165, 1.54) is 0 Å². The van der Waals surface area contributed by atoms with E-state index in [-0.39, 0.29) is 31.1 Å². The summed E-state index contributed by atoms with van der Waals surface area (Å²) in [4.78, 5) is 32.6. The number of carbonyl (C=O) groups excluding carboxylic acids is 2. The van der Waals surface area contributed by atoms with Gasteiger partial charge in [0.25, 0.3) is 0 Å². The van der Waals surface area contributed by atoms with Gasteiger partial charge in [-0.2, -0.15) is 17.5 Å². The molecule has 14 heteroatoms. The van der Waals surface area contributed by atoms with Gasteiger partial charge in [-0.25, -0.2) is 18.2 Å². The van der Waals surface area contributed by atoms with E-state index in [0.29, 0.717) is 33.8 Å². The molecular weight excluding hydrogens is 629 g/mol. The number of anilines is 1. The number of sulfonamides is 1. The van der Waals surface area contributed by atoms with Crippen LogP contribution in [0.4, 0.5) is 18.3 Å². The highest BCUT2D eigenvalue weighted by molar-refractivity contribution is 7.89. The van der Waals surface area contributed by atoms with Gasteiger partial charge in [-0.1, -0.05) is 49.4 Å². The normalized spacial score (nSPS) is 16.6. The molecule has 0 bridgehead atoms. The maximum Gasteiger partial charge on any atom is 0.416 e. The Balaban J connectivity index is 1.61. The summed E-state index contributed by atoms with van der Waals surface area (Å²) in [6, 6.07) is 9.65. The van der Waals surface area contributed by atoms with Crippen LogP contribution in [0.5, 0.6) is 0 Å². The Bertz CT molecular complexity index is 1630. The molecule has 0 aliphatic carbocycles. The minimum Gasteiger partial charge on any atom is -0.456 e. The number of halogens is 3. The first kappa shape index (κ1) is 34.4. The molecule has 1 saturated heterocycles. The number of ether oxygens (including phenoxy) is 1. The second kappa shape index (κ2) is 13.1. The number of thiazole rings is 1. The molecule has 1 aromatic heterocycles. The number of alkyl halides is 3. The lowest BCUT2D eigenvalue weighted by Gasteiger charge is -2.39. The molecule has 0 unspecified atom stereocenters. The van der Waals surface area contributed by atoms with Crippen molar-refractivity contribution < 1.29 is 35.9 Å². The number of hydrogen-bond donors (Lipinski definition) is 1. The minimum absolute atomic E-state index is 0.0985. The van der Waals surface area contributed by atoms with E-state index in [4.69, 9.17) is 4.74 Å². The Morgan fingerprint density at radius 2 is 1.67 bits per heavy atom. The molecule has 4 rings (SSSR count). The van der Waals surface area contributed by atoms with Gasteiger partial charge in [0.1, 0.15) is 16.5 Å². The third-order valence-electron chi connectivity index (χ3n) is 7.18. The number of benzene rings is 2. The quantitative estimate of drug-likeness (QED) is 0.305. The molecule has 244 valence electrons. The fourth-order valence-corrected chi connectivity index (χ4v) is 7.30. The van der Waals surface area contributed by atoms with Crippen molar-refractivity contribution >= 4 is 38.4 Å². The predicted molar refractivity (Wildman–Crippen MR) is 166 cm³/mol. The van der Waals surface area contributed by atoms with Gasteiger partial charge in [-0.05, 0) is 69.0 Å². The van der Waals surface area contributed by atoms with Crippen LogP contribution in [0, 0.1) is 6.92 Å². The molecular formula is C31H37F3N4O5S2. The summed E-state index contributed by atoms with van der Waals surface area (Å²) in [5, 5.41) is 3.24. The van der Waals surface area contributed by atoms with Gasteiger partial charge in [0, 0.05) is 26.2 Å². The van der Waals surface area contributed by atoms with Crippen LogP contribution < -0.4 is 10.2 Å². The SMILES string of the molecule is Cc1nc(N2CCN(S(=O)(=O)c3ccc(C(F)(F)F)cc3)[C@@H](C(=O)NCc3ccc(C(C)C)cc3)C2)sc1C(=O)OC(C)(C)C. The maximum atomic E-state index is 13.7. The second-order valence-electron chi connectivity index (χ2n) is 12.1. The average Bonchev–Trinajstić information content (AvgIpc) is 3.36. The number of rotatable bonds is 8. The topological polar surface area (TPSA) is 109 Å². The van der Waals surface area contributed by atoms with Crippen LogP contribution in [0.1, 0.15) is 72.6 Å². The van der Waals surface area contributed by atoms with E-state index >= 15 is 0 Å². The Kier molecular flexibility index (Phi) is 10.0. The zero-order valence-corrected chi connectivity index (χ0v) is 27.6. The molecule has 9 nitrogen and oxygen atoms in total. The highest BCUT2D eigenvalue weighted by Crippen LogP contribution is 2.33. The van der Waals surface area contributed by atoms with Crippen LogP contribution >= 0.6 is 11.3 Å². The molecule has 1 aliphatic heterocycles. The highest BCUT2D eigenvalue weighted by atomic mass is 32.2. The molecule has 1 aliphatic rings. The van der Waals surface area contributed by atoms with Gasteiger partial charge in [0.15, 0.2) is 5.13 Å². The van der Waals surface area contributed by atoms with E-state index in [9.17, 15) is 31.2 Å². The van der Waals surface area contributed by atoms with E-state index in [1.807, 2.05) is 24.3 Å². The summed E-state index contributed by atoms with van der Waals surface area (Å²) >= 11 is 1.09. The summed E-state index contributed by atoms with van der Waals surface area (Å²) in [6.07, 6.45) is -4.63. The number of esters is 1. The molecule has 1 amide bonds. The van der Waals surface area contributed by atoms with Gasteiger partial charge in [-0.3, -0.25) is 4.79 Å². The Morgan fingerprint density at radius 1 is 1.04 bits per heavy atom. The summed E-state index contributed by atoms with van der Waals surface area (Å²) < 4.78 is 73.4. The van der Waals surface area contributed by atoms with Crippen LogP contribution in [0.25, 0.3) is 0 Å². The van der Waals surface area contributed by atoms with Crippen LogP contribution in [0.2, 0.25) is 0 Å². The standard InChI is InChI=1S/C31H37F3N4O5S2/c1-19(2)22-9-7-21(8-10-22)17-35-27(39)25-18-37(29-36-20(3)26(44-29)28(40)43-30(4,5)6)15-16-38(25)45(41,42)24-13-11-23(12-14-24)31(32,33)34/h7-14,19,25H,15-18H2,1-6H3,(H,35,39)/t25-/m1/s1. The molecule has 1 fully saturated rings. The molecule has 2 aromatic carbocycles. The fourth-order valence-electron chi connectivity index (χ4n) is 4.75. The van der Waals surface area contributed by atoms with Gasteiger partial charge in [-0.15, -0.1) is 0 Å². The molecule has 0 spiro atoms. The van der Waals surface area contributed by atoms with Crippen LogP contribution in [-0.2, 0) is 32.3 Å². The number of nitrogens with one attached hydrogen (secondary N) is 1. The predicted octanol–water partition coefficient (Wildman–Crippen LogP) is 5.74. The van der Waals surface area contributed by atoms with Crippen molar-refractivity contribution in [3.63, 3.8) is 0 Å². The van der Waals surface area contributed by atoms with Gasteiger partial charge >= 0.3 is 12.1 Å². The lowest BCUT2D eigenvalue weighted by molar-refractivity contribution is -0.137. The number of hydrogen-bond acceptors (Lipinski definition) is 8. The van der Waals surface area contributed by atoms with E-state index < -0.39 is 45.3 Å². The molecule has 1 N–H and O–H groups in total. The lowest BCUT2D eigenvalue weighted by Crippen LogP contribution is -2.60. The fraction of sp³-hybridized carbons (Fsp3) is 0.452. The summed E-state index contributed by atoms with van der Waals surface area (Å²) in [5.74, 6) is -0.787. The summed E-state index contributed by atoms with van der Waals surface area (Å²) in [6.45, 7) is 11.1. The monoisotopic (exact) mass is 666 g/mol. The maximum absolute atomic E-state index is 13.7. The Morgan fingerprint density at radius 3 is 2.22 bits per heavy atom. The van der Waals surface area contributed by atoms with Crippen LogP contribution in [0.15, 0.2) is 53.4 Å². The van der Waals surface area contributed by atoms with Crippen molar-refractivity contribution in [2.24, 2.45) is 0 Å². The lowest BCUT2D eigenvalue weighted by atomic mass is 10.0. The zero-order chi connectivity index (χ0) is 33.3. The Hall–Kier alpha value is -3.49. The van der Waals surface area contributed by atoms with Gasteiger partial charge in [0.05, 0.1) is 16.2 Å². The molecule has 1 atom stereocenters. The Labute approximate surface area is 265 Å². The highest BCUT2D eigenvalue weighted by Gasteiger charge is 2.41. The zero-order valence-electron chi connectivity index (χ0n) is 25.9. The van der Waals surface area contributed by atoms with Crippen molar-refractivity contribution in [2.45, 2.75) is 76.7 Å². The van der Waals surface area contributed by atoms with Gasteiger partial charge < -0.3 is 15.0 Å². The third-order valence-corrected chi connectivity index (χ3v) is 10.3. The van der Waals surface area contributed by atoms with Gasteiger partial charge in [0.2, 0.25) is 15.9 Å². The van der Waals surface area contributed by atoms with Crippen molar-refractivity contribution in [1.29, 1.82) is 0 Å². The number of aromatic nitrogens is 1. The smallest absolute Gasteiger partial charge is 0.416 e. The number of amides is 1. The van der Waals surface area contributed by atoms with Crippen LogP contribution in [-0.4, -0.2) is 60.9 Å². The van der Waals surface area contributed by atoms with Crippen molar-refractivity contribution in [2.75, 3.05) is 24.5 Å². The first-order valence-corrected chi connectivity index (χ1v) is 16.6. The molecule has 3 aromatic rings. The number of piperazine rings is 1. The van der Waals surface area contributed by atoms with Crippen molar-refractivity contribution in [3.05, 3.63) is 75.8 Å². The van der Waals surface area contributed by atoms with Crippen molar-refractivity contribution in [3.8, 4) is 0 Å². The average molecular weight is 667 g/mol. The third kappa shape index (κ3) is 8.22. The second-order valence-corrected chi connectivity index (χ2v) is 15.0. The number of aryl methyl sites for hydroxylation is 1. The summed E-state index contributed by atoms with van der Waals surface area (Å²) in [7, 11) is -4.37. The largest absolute Gasteiger partial charge is 0.456 e. The number of nitrogens with zero attached hydrogens (tertiary/aromatic N) is 3. The minimum atomic E-state index is -4.63. The molecule has 0 saturated carbocycles. The van der Waals surface area contributed by atoms with E-state index in [0.717, 1.165) is 38.9 Å². The van der Waals surface area contributed by atoms with Crippen LogP contribution in [0.3, 0.4) is 0 Å². The molecule has 2 heterocycles. The van der Waals surface area contributed by atoms with E-state index in [1.54, 1.807) is 32.6 Å². The van der Waals surface area contributed by atoms with Crippen molar-refractivity contribution in [1.82, 2.24) is 14.6 Å². The molecule has 0 radical (unpaired) electrons. The first-order chi connectivity index (χ1) is 20.9. The van der Waals surface area contributed by atoms with E-state index in [2.05, 4.69) is 24.1 Å². The first-order valence-electron chi connectivity index (χ1n) is 14.4.